The van der Waals surface area contributed by atoms with Crippen LogP contribution in [-0.2, 0) is 28.4 Å². The summed E-state index contributed by atoms with van der Waals surface area (Å²) in [5.41, 5.74) is 4.08. The molecule has 0 atom stereocenters. The smallest absolute Gasteiger partial charge is 0.354 e. The first kappa shape index (κ1) is 31.9. The van der Waals surface area contributed by atoms with Gasteiger partial charge in [0, 0.05) is 30.0 Å². The molecule has 5 rings (SSSR count). The van der Waals surface area contributed by atoms with E-state index in [9.17, 15) is 17.8 Å². The van der Waals surface area contributed by atoms with Gasteiger partial charge in [0.1, 0.15) is 0 Å². The predicted molar refractivity (Wildman–Crippen MR) is 177 cm³/mol. The SMILES string of the molecule is CCOP(=O)(OCC)c1ccc2c(c1)C(=C(Nc1ccc(N(CCN3CCCC3)S(C)(=O)=O)cc1)c1ccccc1)C(=O)N2. The average Bonchev–Trinajstić information content (AvgIpc) is 3.63. The molecular formula is C32H39N4O6PS. The number of carbonyl (C=O) groups is 1. The van der Waals surface area contributed by atoms with Gasteiger partial charge in [0.2, 0.25) is 10.0 Å². The Balaban J connectivity index is 1.51. The number of hydrogen-bond acceptors (Lipinski definition) is 8. The molecule has 0 bridgehead atoms. The monoisotopic (exact) mass is 638 g/mol. The molecule has 2 heterocycles. The lowest BCUT2D eigenvalue weighted by molar-refractivity contribution is -0.110. The molecule has 0 aromatic heterocycles. The van der Waals surface area contributed by atoms with Crippen LogP contribution in [0.3, 0.4) is 0 Å². The molecule has 0 saturated carbocycles. The van der Waals surface area contributed by atoms with Crippen molar-refractivity contribution in [2.24, 2.45) is 0 Å². The second-order valence-corrected chi connectivity index (χ2v) is 14.6. The lowest BCUT2D eigenvalue weighted by Crippen LogP contribution is -2.37. The molecule has 0 unspecified atom stereocenters. The van der Waals surface area contributed by atoms with Crippen molar-refractivity contribution in [2.75, 3.05) is 60.6 Å². The van der Waals surface area contributed by atoms with E-state index in [4.69, 9.17) is 9.05 Å². The summed E-state index contributed by atoms with van der Waals surface area (Å²) in [6.07, 6.45) is 3.50. The van der Waals surface area contributed by atoms with Crippen molar-refractivity contribution in [3.8, 4) is 0 Å². The summed E-state index contributed by atoms with van der Waals surface area (Å²) in [5, 5.41) is 6.69. The predicted octanol–water partition coefficient (Wildman–Crippen LogP) is 5.37. The molecule has 1 saturated heterocycles. The van der Waals surface area contributed by atoms with Crippen molar-refractivity contribution in [1.82, 2.24) is 4.90 Å². The minimum absolute atomic E-state index is 0.204. The van der Waals surface area contributed by atoms with Gasteiger partial charge >= 0.3 is 7.60 Å². The molecule has 2 aliphatic rings. The van der Waals surface area contributed by atoms with Crippen LogP contribution in [0.5, 0.6) is 0 Å². The molecule has 1 amide bonds. The Hall–Kier alpha value is -3.47. The van der Waals surface area contributed by atoms with Gasteiger partial charge in [0.05, 0.1) is 41.7 Å². The fraction of sp³-hybridized carbons (Fsp3) is 0.344. The van der Waals surface area contributed by atoms with Gasteiger partial charge in [-0.05, 0) is 87.8 Å². The number of anilines is 3. The first-order valence-electron chi connectivity index (χ1n) is 14.8. The van der Waals surface area contributed by atoms with E-state index in [1.807, 2.05) is 30.3 Å². The van der Waals surface area contributed by atoms with E-state index in [1.54, 1.807) is 56.3 Å². The van der Waals surface area contributed by atoms with Gasteiger partial charge in [0.25, 0.3) is 5.91 Å². The van der Waals surface area contributed by atoms with Crippen molar-refractivity contribution in [3.05, 3.63) is 83.9 Å². The van der Waals surface area contributed by atoms with E-state index in [1.165, 1.54) is 10.6 Å². The van der Waals surface area contributed by atoms with Crippen LogP contribution < -0.4 is 20.2 Å². The van der Waals surface area contributed by atoms with E-state index >= 15 is 0 Å². The summed E-state index contributed by atoms with van der Waals surface area (Å²) in [7, 11) is -7.09. The molecule has 0 spiro atoms. The van der Waals surface area contributed by atoms with Crippen molar-refractivity contribution in [2.45, 2.75) is 26.7 Å². The first-order valence-corrected chi connectivity index (χ1v) is 18.2. The van der Waals surface area contributed by atoms with E-state index in [0.29, 0.717) is 52.3 Å². The molecule has 44 heavy (non-hydrogen) atoms. The van der Waals surface area contributed by atoms with Gasteiger partial charge < -0.3 is 24.6 Å². The number of rotatable bonds is 13. The third-order valence-electron chi connectivity index (χ3n) is 7.62. The summed E-state index contributed by atoms with van der Waals surface area (Å²) in [6, 6.07) is 21.6. The minimum atomic E-state index is -3.60. The zero-order valence-corrected chi connectivity index (χ0v) is 27.0. The Kier molecular flexibility index (Phi) is 9.92. The van der Waals surface area contributed by atoms with E-state index in [-0.39, 0.29) is 19.1 Å². The summed E-state index contributed by atoms with van der Waals surface area (Å²) < 4.78 is 51.5. The van der Waals surface area contributed by atoms with Gasteiger partial charge in [-0.3, -0.25) is 13.7 Å². The highest BCUT2D eigenvalue weighted by Gasteiger charge is 2.33. The Morgan fingerprint density at radius 1 is 0.977 bits per heavy atom. The fourth-order valence-electron chi connectivity index (χ4n) is 5.56. The summed E-state index contributed by atoms with van der Waals surface area (Å²) in [6.45, 7) is 6.94. The number of nitrogens with zero attached hydrogens (tertiary/aromatic N) is 2. The molecule has 12 heteroatoms. The third-order valence-corrected chi connectivity index (χ3v) is 10.9. The second kappa shape index (κ2) is 13.7. The second-order valence-electron chi connectivity index (χ2n) is 10.7. The minimum Gasteiger partial charge on any atom is -0.354 e. The highest BCUT2D eigenvalue weighted by atomic mass is 32.2. The maximum absolute atomic E-state index is 13.6. The van der Waals surface area contributed by atoms with Crippen LogP contribution in [0.25, 0.3) is 11.3 Å². The van der Waals surface area contributed by atoms with Crippen molar-refractivity contribution in [3.63, 3.8) is 0 Å². The lowest BCUT2D eigenvalue weighted by Gasteiger charge is -2.25. The first-order chi connectivity index (χ1) is 21.1. The number of sulfonamides is 1. The molecular weight excluding hydrogens is 599 g/mol. The van der Waals surface area contributed by atoms with Crippen LogP contribution in [0, 0.1) is 0 Å². The number of nitrogens with one attached hydrogen (secondary N) is 2. The molecule has 2 aliphatic heterocycles. The van der Waals surface area contributed by atoms with Gasteiger partial charge in [0.15, 0.2) is 0 Å². The number of likely N-dealkylation sites (tertiary alicyclic amines) is 1. The Morgan fingerprint density at radius 2 is 1.64 bits per heavy atom. The average molecular weight is 639 g/mol. The number of fused-ring (bicyclic) bond motifs is 1. The molecule has 0 aliphatic carbocycles. The zero-order chi connectivity index (χ0) is 31.3. The van der Waals surface area contributed by atoms with Crippen LogP contribution in [0.2, 0.25) is 0 Å². The lowest BCUT2D eigenvalue weighted by atomic mass is 10.00. The fourth-order valence-corrected chi connectivity index (χ4v) is 8.08. The molecule has 0 radical (unpaired) electrons. The molecule has 1 fully saturated rings. The number of amides is 1. The summed E-state index contributed by atoms with van der Waals surface area (Å²) >= 11 is 0. The van der Waals surface area contributed by atoms with Gasteiger partial charge in [-0.2, -0.15) is 0 Å². The van der Waals surface area contributed by atoms with Gasteiger partial charge in [-0.1, -0.05) is 30.3 Å². The Bertz CT molecular complexity index is 1660. The van der Waals surface area contributed by atoms with Crippen LogP contribution in [-0.4, -0.2) is 64.9 Å². The molecule has 10 nitrogen and oxygen atoms in total. The summed E-state index contributed by atoms with van der Waals surface area (Å²) in [4.78, 5) is 15.7. The van der Waals surface area contributed by atoms with Crippen LogP contribution in [0.15, 0.2) is 72.8 Å². The highest BCUT2D eigenvalue weighted by molar-refractivity contribution is 7.92. The number of benzene rings is 3. The quantitative estimate of drug-likeness (QED) is 0.190. The summed E-state index contributed by atoms with van der Waals surface area (Å²) in [5.74, 6) is -0.312. The number of carbonyl (C=O) groups excluding carboxylic acids is 1. The van der Waals surface area contributed by atoms with Crippen molar-refractivity contribution in [1.29, 1.82) is 0 Å². The van der Waals surface area contributed by atoms with Gasteiger partial charge in [-0.15, -0.1) is 0 Å². The van der Waals surface area contributed by atoms with E-state index in [2.05, 4.69) is 15.5 Å². The van der Waals surface area contributed by atoms with Crippen LogP contribution in [0.1, 0.15) is 37.8 Å². The molecule has 3 aromatic rings. The van der Waals surface area contributed by atoms with Crippen molar-refractivity contribution >= 4 is 57.2 Å². The standard InChI is InChI=1S/C32H39N4O6PS/c1-4-41-43(38,42-5-2)27-17-18-29-28(23-27)30(32(37)34-29)31(24-11-7-6-8-12-24)33-25-13-15-26(16-14-25)36(44(3,39)40)22-21-35-19-9-10-20-35/h6-8,11-18,23,33H,4-5,9-10,19-22H2,1-3H3,(H,34,37). The van der Waals surface area contributed by atoms with E-state index < -0.39 is 17.6 Å². The largest absolute Gasteiger partial charge is 0.361 e. The maximum Gasteiger partial charge on any atom is 0.361 e. The van der Waals surface area contributed by atoms with Crippen LogP contribution in [0.4, 0.5) is 17.1 Å². The molecule has 234 valence electrons. The zero-order valence-electron chi connectivity index (χ0n) is 25.3. The maximum atomic E-state index is 13.6. The Morgan fingerprint density at radius 3 is 2.25 bits per heavy atom. The topological polar surface area (TPSA) is 117 Å². The van der Waals surface area contributed by atoms with Gasteiger partial charge in [-0.25, -0.2) is 8.42 Å². The van der Waals surface area contributed by atoms with Crippen molar-refractivity contribution < 1.29 is 26.8 Å². The third kappa shape index (κ3) is 7.08. The highest BCUT2D eigenvalue weighted by Crippen LogP contribution is 2.48. The van der Waals surface area contributed by atoms with E-state index in [0.717, 1.165) is 31.5 Å². The number of hydrogen-bond donors (Lipinski definition) is 2. The molecule has 2 N–H and O–H groups in total. The van der Waals surface area contributed by atoms with Crippen LogP contribution >= 0.6 is 7.60 Å². The Labute approximate surface area is 259 Å². The normalized spacial score (nSPS) is 16.5. The molecule has 3 aromatic carbocycles.